The third-order valence-electron chi connectivity index (χ3n) is 4.55. The lowest BCUT2D eigenvalue weighted by atomic mass is 9.61. The molecule has 0 saturated heterocycles. The molecule has 1 aromatic heterocycles. The second kappa shape index (κ2) is 8.81. The maximum atomic E-state index is 12.2. The van der Waals surface area contributed by atoms with E-state index in [1.54, 1.807) is 43.8 Å². The number of aromatic nitrogens is 2. The number of benzene rings is 1. The van der Waals surface area contributed by atoms with E-state index in [0.717, 1.165) is 6.08 Å². The molecule has 2 aromatic rings. The van der Waals surface area contributed by atoms with Crippen molar-refractivity contribution in [2.45, 2.75) is 18.8 Å². The number of nitrogens with one attached hydrogen (secondary N) is 1. The van der Waals surface area contributed by atoms with Gasteiger partial charge in [-0.15, -0.1) is 0 Å². The summed E-state index contributed by atoms with van der Waals surface area (Å²) >= 11 is 0. The second-order valence-electron chi connectivity index (χ2n) is 5.97. The predicted octanol–water partition coefficient (Wildman–Crippen LogP) is 2.48. The number of aliphatic carboxylic acids is 3. The van der Waals surface area contributed by atoms with Crippen molar-refractivity contribution in [3.63, 3.8) is 0 Å². The third-order valence-corrected chi connectivity index (χ3v) is 4.55. The monoisotopic (exact) mass is 384 g/mol. The van der Waals surface area contributed by atoms with Crippen LogP contribution in [0.4, 0.5) is 0 Å². The highest BCUT2D eigenvalue weighted by molar-refractivity contribution is 6.00. The average molecular weight is 384 g/mol. The van der Waals surface area contributed by atoms with Crippen molar-refractivity contribution in [1.29, 1.82) is 0 Å². The minimum atomic E-state index is -1.94. The van der Waals surface area contributed by atoms with E-state index in [9.17, 15) is 29.7 Å². The molecule has 0 saturated carbocycles. The maximum absolute atomic E-state index is 12.2. The number of hydrogen-bond donors (Lipinski definition) is 4. The zero-order chi connectivity index (χ0) is 20.7. The number of rotatable bonds is 5. The van der Waals surface area contributed by atoms with Crippen LogP contribution in [0.3, 0.4) is 0 Å². The first-order valence-electron chi connectivity index (χ1n) is 8.46. The fraction of sp³-hybridized carbons (Fsp3) is 0.200. The number of aromatic amines is 1. The molecule has 0 aliphatic heterocycles. The van der Waals surface area contributed by atoms with Crippen molar-refractivity contribution in [2.75, 3.05) is 0 Å². The molecular weight excluding hydrogens is 364 g/mol. The second-order valence-corrected chi connectivity index (χ2v) is 5.97. The van der Waals surface area contributed by atoms with Crippen LogP contribution in [0.25, 0.3) is 0 Å². The van der Waals surface area contributed by atoms with E-state index in [1.807, 2.05) is 0 Å². The quantitative estimate of drug-likeness (QED) is 0.620. The van der Waals surface area contributed by atoms with Gasteiger partial charge in [0.15, 0.2) is 0 Å². The molecule has 2 unspecified atom stereocenters. The van der Waals surface area contributed by atoms with E-state index in [4.69, 9.17) is 0 Å². The number of carboxylic acids is 3. The van der Waals surface area contributed by atoms with Gasteiger partial charge in [-0.1, -0.05) is 49.4 Å². The van der Waals surface area contributed by atoms with Gasteiger partial charge in [0.1, 0.15) is 5.41 Å². The van der Waals surface area contributed by atoms with E-state index in [2.05, 4.69) is 9.97 Å². The van der Waals surface area contributed by atoms with Gasteiger partial charge in [0.2, 0.25) is 0 Å². The largest absolute Gasteiger partial charge is 0.481 e. The summed E-state index contributed by atoms with van der Waals surface area (Å²) < 4.78 is 0. The van der Waals surface area contributed by atoms with Crippen molar-refractivity contribution in [3.05, 3.63) is 77.9 Å². The number of H-pyrrole nitrogens is 1. The molecule has 2 atom stereocenters. The highest BCUT2D eigenvalue weighted by Crippen LogP contribution is 2.46. The molecule has 0 spiro atoms. The molecule has 1 aliphatic rings. The Hall–Kier alpha value is -3.68. The van der Waals surface area contributed by atoms with Crippen LogP contribution >= 0.6 is 0 Å². The van der Waals surface area contributed by atoms with Gasteiger partial charge in [-0.3, -0.25) is 9.59 Å². The highest BCUT2D eigenvalue weighted by atomic mass is 16.4. The molecule has 3 rings (SSSR count). The number of carbonyl (C=O) groups is 3. The molecule has 0 bridgehead atoms. The normalized spacial score (nSPS) is 20.8. The van der Waals surface area contributed by atoms with Gasteiger partial charge in [0.25, 0.3) is 0 Å². The first-order valence-corrected chi connectivity index (χ1v) is 8.46. The molecule has 1 heterocycles. The van der Waals surface area contributed by atoms with Crippen molar-refractivity contribution >= 4 is 17.9 Å². The third kappa shape index (κ3) is 3.71. The van der Waals surface area contributed by atoms with Gasteiger partial charge in [0.05, 0.1) is 17.8 Å². The zero-order valence-electron chi connectivity index (χ0n) is 15.1. The summed E-state index contributed by atoms with van der Waals surface area (Å²) in [5.74, 6) is -5.36. The molecule has 146 valence electrons. The fourth-order valence-electron chi connectivity index (χ4n) is 3.43. The van der Waals surface area contributed by atoms with Crippen molar-refractivity contribution in [2.24, 2.45) is 5.92 Å². The standard InChI is InChI=1S/C17H16O6.C3H4N2/c1-2-12-11(14(18)19)8-9-13(15(20)21)17(12,16(22)23)10-6-4-3-5-7-10;1-2-5-3-4-1/h3-9,13H,2H2,1H3,(H,18,19)(H,20,21)(H,22,23);1-3H,(H,4,5). The summed E-state index contributed by atoms with van der Waals surface area (Å²) in [5.41, 5.74) is -1.78. The van der Waals surface area contributed by atoms with Crippen LogP contribution in [0, 0.1) is 5.92 Å². The van der Waals surface area contributed by atoms with Gasteiger partial charge in [-0.25, -0.2) is 9.78 Å². The molecule has 28 heavy (non-hydrogen) atoms. The van der Waals surface area contributed by atoms with Gasteiger partial charge in [-0.05, 0) is 17.6 Å². The Morgan fingerprint density at radius 2 is 1.82 bits per heavy atom. The molecule has 8 nitrogen and oxygen atoms in total. The Morgan fingerprint density at radius 1 is 1.14 bits per heavy atom. The van der Waals surface area contributed by atoms with E-state index < -0.39 is 29.2 Å². The van der Waals surface area contributed by atoms with E-state index in [0.29, 0.717) is 0 Å². The highest BCUT2D eigenvalue weighted by Gasteiger charge is 2.55. The van der Waals surface area contributed by atoms with Crippen LogP contribution in [0.5, 0.6) is 0 Å². The van der Waals surface area contributed by atoms with Crippen LogP contribution < -0.4 is 0 Å². The molecule has 0 radical (unpaired) electrons. The van der Waals surface area contributed by atoms with Crippen LogP contribution in [0.2, 0.25) is 0 Å². The van der Waals surface area contributed by atoms with Crippen LogP contribution in [0.1, 0.15) is 18.9 Å². The summed E-state index contributed by atoms with van der Waals surface area (Å²) in [6, 6.07) is 7.91. The first kappa shape index (κ1) is 20.6. The summed E-state index contributed by atoms with van der Waals surface area (Å²) in [5, 5.41) is 28.9. The summed E-state index contributed by atoms with van der Waals surface area (Å²) in [7, 11) is 0. The SMILES string of the molecule is CCC1=C(C(=O)O)C=CC(C(=O)O)C1(C(=O)O)c1ccccc1.c1c[nH]cn1. The predicted molar refractivity (Wildman–Crippen MR) is 99.6 cm³/mol. The molecule has 0 fully saturated rings. The van der Waals surface area contributed by atoms with Crippen molar-refractivity contribution in [3.8, 4) is 0 Å². The lowest BCUT2D eigenvalue weighted by molar-refractivity contribution is -0.152. The molecule has 1 aromatic carbocycles. The Morgan fingerprint density at radius 3 is 2.21 bits per heavy atom. The summed E-state index contributed by atoms with van der Waals surface area (Å²) in [6.45, 7) is 1.62. The Bertz CT molecular complexity index is 885. The lowest BCUT2D eigenvalue weighted by Crippen LogP contribution is -2.49. The van der Waals surface area contributed by atoms with Crippen molar-refractivity contribution in [1.82, 2.24) is 9.97 Å². The van der Waals surface area contributed by atoms with Crippen molar-refractivity contribution < 1.29 is 29.7 Å². The minimum Gasteiger partial charge on any atom is -0.481 e. The van der Waals surface area contributed by atoms with Crippen LogP contribution in [-0.2, 0) is 19.8 Å². The summed E-state index contributed by atoms with van der Waals surface area (Å²) in [6.07, 6.45) is 7.52. The molecule has 4 N–H and O–H groups in total. The lowest BCUT2D eigenvalue weighted by Gasteiger charge is -2.39. The van der Waals surface area contributed by atoms with E-state index >= 15 is 0 Å². The number of imidazole rings is 1. The van der Waals surface area contributed by atoms with Gasteiger partial charge < -0.3 is 20.3 Å². The Labute approximate surface area is 160 Å². The topological polar surface area (TPSA) is 141 Å². The summed E-state index contributed by atoms with van der Waals surface area (Å²) in [4.78, 5) is 41.8. The van der Waals surface area contributed by atoms with Crippen LogP contribution in [0.15, 0.2) is 72.4 Å². The number of hydrogen-bond acceptors (Lipinski definition) is 4. The van der Waals surface area contributed by atoms with Crippen LogP contribution in [-0.4, -0.2) is 43.2 Å². The minimum absolute atomic E-state index is 0.0820. The molecular formula is C20H20N2O6. The number of nitrogens with zero attached hydrogens (tertiary/aromatic N) is 1. The Balaban J connectivity index is 0.000000485. The molecule has 0 amide bonds. The zero-order valence-corrected chi connectivity index (χ0v) is 15.1. The van der Waals surface area contributed by atoms with E-state index in [-0.39, 0.29) is 23.1 Å². The number of carboxylic acid groups (broad SMARTS) is 3. The maximum Gasteiger partial charge on any atom is 0.335 e. The smallest absolute Gasteiger partial charge is 0.335 e. The van der Waals surface area contributed by atoms with Gasteiger partial charge >= 0.3 is 17.9 Å². The van der Waals surface area contributed by atoms with E-state index in [1.165, 1.54) is 18.2 Å². The molecule has 8 heteroatoms. The fourth-order valence-corrected chi connectivity index (χ4v) is 3.43. The molecule has 1 aliphatic carbocycles. The first-order chi connectivity index (χ1) is 13.4. The van der Waals surface area contributed by atoms with Gasteiger partial charge in [0, 0.05) is 12.4 Å². The Kier molecular flexibility index (Phi) is 6.49. The average Bonchev–Trinajstić information content (AvgIpc) is 3.26. The van der Waals surface area contributed by atoms with Gasteiger partial charge in [-0.2, -0.15) is 0 Å².